The summed E-state index contributed by atoms with van der Waals surface area (Å²) in [5.41, 5.74) is 2.11. The van der Waals surface area contributed by atoms with Gasteiger partial charge < -0.3 is 14.6 Å². The van der Waals surface area contributed by atoms with Crippen LogP contribution in [0.25, 0.3) is 0 Å². The predicted octanol–water partition coefficient (Wildman–Crippen LogP) is 4.77. The standard InChI is InChI=1S/C24H27F2N3O2/c1-18(30)28-24-11-7-20(15-23(24)26)3-2-14-31-22(16-29-13-12-27-17-29)10-6-19-4-8-21(25)9-5-19/h4-5,7-9,11-13,15,17,22H,2-3,6,10,14,16H2,1H3,(H,28,30). The first-order valence-corrected chi connectivity index (χ1v) is 10.4. The first kappa shape index (κ1) is 22.6. The van der Waals surface area contributed by atoms with Crippen molar-refractivity contribution in [2.24, 2.45) is 0 Å². The first-order chi connectivity index (χ1) is 15.0. The number of imidazole rings is 1. The Labute approximate surface area is 181 Å². The first-order valence-electron chi connectivity index (χ1n) is 10.4. The molecule has 0 radical (unpaired) electrons. The van der Waals surface area contributed by atoms with Crippen LogP contribution in [0, 0.1) is 11.6 Å². The Morgan fingerprint density at radius 1 is 1.13 bits per heavy atom. The highest BCUT2D eigenvalue weighted by Crippen LogP contribution is 2.17. The van der Waals surface area contributed by atoms with Gasteiger partial charge in [-0.15, -0.1) is 0 Å². The molecule has 3 rings (SSSR count). The number of carbonyl (C=O) groups excluding carboxylic acids is 1. The van der Waals surface area contributed by atoms with E-state index in [4.69, 9.17) is 4.74 Å². The van der Waals surface area contributed by atoms with Crippen molar-refractivity contribution < 1.29 is 18.3 Å². The minimum Gasteiger partial charge on any atom is -0.376 e. The highest BCUT2D eigenvalue weighted by molar-refractivity contribution is 5.88. The molecule has 1 unspecified atom stereocenters. The molecule has 1 atom stereocenters. The second-order valence-electron chi connectivity index (χ2n) is 7.52. The SMILES string of the molecule is CC(=O)Nc1ccc(CCCOC(CCc2ccc(F)cc2)Cn2ccnc2)cc1F. The zero-order chi connectivity index (χ0) is 22.1. The van der Waals surface area contributed by atoms with Crippen LogP contribution in [0.4, 0.5) is 14.5 Å². The summed E-state index contributed by atoms with van der Waals surface area (Å²) in [6, 6.07) is 11.4. The molecule has 0 spiro atoms. The van der Waals surface area contributed by atoms with Crippen LogP contribution >= 0.6 is 0 Å². The lowest BCUT2D eigenvalue weighted by molar-refractivity contribution is -0.114. The van der Waals surface area contributed by atoms with Crippen molar-refractivity contribution >= 4 is 11.6 Å². The van der Waals surface area contributed by atoms with E-state index < -0.39 is 5.82 Å². The van der Waals surface area contributed by atoms with Gasteiger partial charge in [0, 0.05) is 32.5 Å². The Balaban J connectivity index is 1.49. The number of anilines is 1. The summed E-state index contributed by atoms with van der Waals surface area (Å²) in [4.78, 5) is 15.2. The lowest BCUT2D eigenvalue weighted by Crippen LogP contribution is -2.21. The van der Waals surface area contributed by atoms with Crippen LogP contribution in [-0.4, -0.2) is 28.2 Å². The van der Waals surface area contributed by atoms with Crippen LogP contribution < -0.4 is 5.32 Å². The molecule has 2 aromatic carbocycles. The van der Waals surface area contributed by atoms with Crippen LogP contribution in [-0.2, 0) is 28.9 Å². The van der Waals surface area contributed by atoms with Gasteiger partial charge in [0.2, 0.25) is 5.91 Å². The van der Waals surface area contributed by atoms with E-state index in [9.17, 15) is 13.6 Å². The van der Waals surface area contributed by atoms with Gasteiger partial charge in [-0.25, -0.2) is 13.8 Å². The Morgan fingerprint density at radius 2 is 1.90 bits per heavy atom. The molecule has 164 valence electrons. The molecule has 31 heavy (non-hydrogen) atoms. The van der Waals surface area contributed by atoms with Crippen molar-refractivity contribution in [3.05, 3.63) is 83.9 Å². The van der Waals surface area contributed by atoms with Gasteiger partial charge in [0.05, 0.1) is 18.1 Å². The van der Waals surface area contributed by atoms with E-state index in [1.165, 1.54) is 25.1 Å². The number of halogens is 2. The molecule has 7 heteroatoms. The number of rotatable bonds is 11. The highest BCUT2D eigenvalue weighted by atomic mass is 19.1. The van der Waals surface area contributed by atoms with E-state index in [1.807, 2.05) is 16.8 Å². The molecule has 0 saturated heterocycles. The number of nitrogens with zero attached hydrogens (tertiary/aromatic N) is 2. The molecule has 0 aliphatic rings. The summed E-state index contributed by atoms with van der Waals surface area (Å²) in [6.07, 6.45) is 8.37. The maximum Gasteiger partial charge on any atom is 0.221 e. The number of carbonyl (C=O) groups is 1. The number of aryl methyl sites for hydroxylation is 2. The van der Waals surface area contributed by atoms with Crippen molar-refractivity contribution in [3.8, 4) is 0 Å². The van der Waals surface area contributed by atoms with Gasteiger partial charge in [0.25, 0.3) is 0 Å². The van der Waals surface area contributed by atoms with Crippen LogP contribution in [0.2, 0.25) is 0 Å². The minimum atomic E-state index is -0.439. The quantitative estimate of drug-likeness (QED) is 0.449. The van der Waals surface area contributed by atoms with Crippen LogP contribution in [0.15, 0.2) is 61.2 Å². The van der Waals surface area contributed by atoms with Crippen molar-refractivity contribution in [2.45, 2.75) is 45.3 Å². The Hall–Kier alpha value is -3.06. The zero-order valence-electron chi connectivity index (χ0n) is 17.6. The molecule has 0 bridgehead atoms. The smallest absolute Gasteiger partial charge is 0.221 e. The van der Waals surface area contributed by atoms with Gasteiger partial charge in [0.1, 0.15) is 11.6 Å². The molecule has 1 heterocycles. The normalized spacial score (nSPS) is 12.0. The van der Waals surface area contributed by atoms with Gasteiger partial charge in [-0.2, -0.15) is 0 Å². The molecule has 0 fully saturated rings. The predicted molar refractivity (Wildman–Crippen MR) is 116 cm³/mol. The number of amides is 1. The Kier molecular flexibility index (Phi) is 8.29. The van der Waals surface area contributed by atoms with E-state index >= 15 is 0 Å². The van der Waals surface area contributed by atoms with Crippen molar-refractivity contribution in [1.82, 2.24) is 9.55 Å². The van der Waals surface area contributed by atoms with Crippen molar-refractivity contribution in [2.75, 3.05) is 11.9 Å². The summed E-state index contributed by atoms with van der Waals surface area (Å²) in [5, 5.41) is 2.47. The van der Waals surface area contributed by atoms with Crippen molar-refractivity contribution in [1.29, 1.82) is 0 Å². The summed E-state index contributed by atoms with van der Waals surface area (Å²) < 4.78 is 35.3. The summed E-state index contributed by atoms with van der Waals surface area (Å²) in [7, 11) is 0. The van der Waals surface area contributed by atoms with E-state index in [0.717, 1.165) is 30.4 Å². The minimum absolute atomic E-state index is 0.0156. The number of hydrogen-bond acceptors (Lipinski definition) is 3. The summed E-state index contributed by atoms with van der Waals surface area (Å²) in [6.45, 7) is 2.57. The van der Waals surface area contributed by atoms with Crippen molar-refractivity contribution in [3.63, 3.8) is 0 Å². The average molecular weight is 427 g/mol. The maximum atomic E-state index is 14.1. The van der Waals surface area contributed by atoms with Crippen LogP contribution in [0.1, 0.15) is 30.9 Å². The fraction of sp³-hybridized carbons (Fsp3) is 0.333. The number of nitrogens with one attached hydrogen (secondary N) is 1. The number of hydrogen-bond donors (Lipinski definition) is 1. The lowest BCUT2D eigenvalue weighted by atomic mass is 10.1. The van der Waals surface area contributed by atoms with Gasteiger partial charge in [-0.05, 0) is 61.1 Å². The molecule has 1 amide bonds. The van der Waals surface area contributed by atoms with Gasteiger partial charge in [-0.1, -0.05) is 18.2 Å². The molecular formula is C24H27F2N3O2. The number of ether oxygens (including phenoxy) is 1. The fourth-order valence-corrected chi connectivity index (χ4v) is 3.37. The Morgan fingerprint density at radius 3 is 2.58 bits per heavy atom. The molecule has 1 N–H and O–H groups in total. The van der Waals surface area contributed by atoms with Gasteiger partial charge >= 0.3 is 0 Å². The van der Waals surface area contributed by atoms with E-state index in [-0.39, 0.29) is 23.5 Å². The molecule has 0 aliphatic carbocycles. The maximum absolute atomic E-state index is 14.1. The lowest BCUT2D eigenvalue weighted by Gasteiger charge is -2.19. The fourth-order valence-electron chi connectivity index (χ4n) is 3.37. The molecule has 1 aromatic heterocycles. The van der Waals surface area contributed by atoms with Crippen LogP contribution in [0.5, 0.6) is 0 Å². The second kappa shape index (κ2) is 11.4. The van der Waals surface area contributed by atoms with E-state index in [2.05, 4.69) is 10.3 Å². The monoisotopic (exact) mass is 427 g/mol. The van der Waals surface area contributed by atoms with Gasteiger partial charge in [0.15, 0.2) is 0 Å². The third-order valence-electron chi connectivity index (χ3n) is 4.95. The third kappa shape index (κ3) is 7.61. The average Bonchev–Trinajstić information content (AvgIpc) is 3.25. The molecule has 0 saturated carbocycles. The topological polar surface area (TPSA) is 56.1 Å². The number of benzene rings is 2. The third-order valence-corrected chi connectivity index (χ3v) is 4.95. The van der Waals surface area contributed by atoms with E-state index in [0.29, 0.717) is 19.6 Å². The number of aromatic nitrogens is 2. The largest absolute Gasteiger partial charge is 0.376 e. The van der Waals surface area contributed by atoms with Crippen LogP contribution in [0.3, 0.4) is 0 Å². The Bertz CT molecular complexity index is 959. The summed E-state index contributed by atoms with van der Waals surface area (Å²) in [5.74, 6) is -0.980. The molecular weight excluding hydrogens is 400 g/mol. The molecule has 3 aromatic rings. The second-order valence-corrected chi connectivity index (χ2v) is 7.52. The highest BCUT2D eigenvalue weighted by Gasteiger charge is 2.11. The molecule has 0 aliphatic heterocycles. The zero-order valence-corrected chi connectivity index (χ0v) is 17.6. The van der Waals surface area contributed by atoms with Gasteiger partial charge in [-0.3, -0.25) is 4.79 Å². The summed E-state index contributed by atoms with van der Waals surface area (Å²) >= 11 is 0. The van der Waals surface area contributed by atoms with E-state index in [1.54, 1.807) is 30.7 Å². The molecule has 5 nitrogen and oxygen atoms in total.